The van der Waals surface area contributed by atoms with Crippen LogP contribution >= 0.6 is 12.6 Å². The molecule has 0 atom stereocenters. The van der Waals surface area contributed by atoms with Crippen molar-refractivity contribution < 1.29 is 12.9 Å². The Morgan fingerprint density at radius 3 is 2.00 bits per heavy atom. The molecule has 0 spiro atoms. The summed E-state index contributed by atoms with van der Waals surface area (Å²) in [5.74, 6) is 0. The zero-order valence-electron chi connectivity index (χ0n) is 9.44. The van der Waals surface area contributed by atoms with Gasteiger partial charge < -0.3 is 18.7 Å². The summed E-state index contributed by atoms with van der Waals surface area (Å²) in [5.41, 5.74) is 8.28. The van der Waals surface area contributed by atoms with Crippen molar-refractivity contribution in [3.8, 4) is 0 Å². The highest BCUT2D eigenvalue weighted by atomic mass is 32.1. The number of hydrogen-bond donors (Lipinski definition) is 2. The second-order valence-corrected chi connectivity index (χ2v) is 4.48. The number of benzene rings is 1. The highest BCUT2D eigenvalue weighted by Gasteiger charge is 2.26. The molecular weight excluding hydrogens is 234 g/mol. The lowest BCUT2D eigenvalue weighted by Gasteiger charge is -2.22. The second kappa shape index (κ2) is 4.24. The Morgan fingerprint density at radius 1 is 1.06 bits per heavy atom. The fourth-order valence-corrected chi connectivity index (χ4v) is 2.07. The first-order valence-electron chi connectivity index (χ1n) is 4.93. The summed E-state index contributed by atoms with van der Waals surface area (Å²) < 4.78 is 37.4. The van der Waals surface area contributed by atoms with Crippen LogP contribution in [-0.4, -0.2) is 6.98 Å². The average Bonchev–Trinajstić information content (AvgIpc) is 2.17. The first-order chi connectivity index (χ1) is 7.15. The van der Waals surface area contributed by atoms with Crippen LogP contribution in [0.5, 0.6) is 0 Å². The maximum absolute atomic E-state index is 12.5. The maximum atomic E-state index is 12.5. The van der Waals surface area contributed by atoms with Gasteiger partial charge in [-0.3, -0.25) is 0 Å². The van der Waals surface area contributed by atoms with Gasteiger partial charge in [-0.2, -0.15) is 0 Å². The van der Waals surface area contributed by atoms with Gasteiger partial charge in [-0.05, 0) is 37.5 Å². The van der Waals surface area contributed by atoms with Crippen LogP contribution in [0.2, 0.25) is 0 Å². The summed E-state index contributed by atoms with van der Waals surface area (Å²) in [6.45, 7) is 0.191. The lowest BCUT2D eigenvalue weighted by Crippen LogP contribution is -2.21. The second-order valence-electron chi connectivity index (χ2n) is 4.03. The molecule has 0 bridgehead atoms. The summed E-state index contributed by atoms with van der Waals surface area (Å²) in [6.07, 6.45) is -0.893. The third kappa shape index (κ3) is 2.48. The highest BCUT2D eigenvalue weighted by molar-refractivity contribution is 7.80. The van der Waals surface area contributed by atoms with Crippen molar-refractivity contribution in [2.75, 3.05) is 5.73 Å². The van der Waals surface area contributed by atoms with E-state index in [2.05, 4.69) is 12.6 Å². The molecule has 0 unspecified atom stereocenters. The Hall–Kier alpha value is -0.775. The molecule has 0 radical (unpaired) electrons. The van der Waals surface area contributed by atoms with Gasteiger partial charge in [0, 0.05) is 10.6 Å². The third-order valence-corrected chi connectivity index (χ3v) is 3.53. The molecule has 0 heterocycles. The normalized spacial score (nSPS) is 11.9. The largest absolute Gasteiger partial charge is 0.482 e. The molecule has 0 saturated heterocycles. The number of nitrogen functional groups attached to an aromatic ring is 1. The van der Waals surface area contributed by atoms with E-state index in [1.807, 2.05) is 0 Å². The van der Waals surface area contributed by atoms with Crippen molar-refractivity contribution in [2.24, 2.45) is 0 Å². The van der Waals surface area contributed by atoms with E-state index in [9.17, 15) is 12.9 Å². The molecule has 1 nitrogen and oxygen atoms in total. The van der Waals surface area contributed by atoms with Crippen molar-refractivity contribution in [1.29, 1.82) is 0 Å². The number of rotatable bonds is 2. The summed E-state index contributed by atoms with van der Waals surface area (Å²) >= 11 is 4.21. The van der Waals surface area contributed by atoms with Crippen LogP contribution in [0.4, 0.5) is 18.6 Å². The van der Waals surface area contributed by atoms with Gasteiger partial charge in [0.25, 0.3) is 0 Å². The average molecular weight is 248 g/mol. The molecule has 2 N–H and O–H groups in total. The highest BCUT2D eigenvalue weighted by Crippen LogP contribution is 2.33. The molecule has 1 aromatic rings. The molecule has 0 amide bonds. The summed E-state index contributed by atoms with van der Waals surface area (Å²) in [7, 11) is 0. The summed E-state index contributed by atoms with van der Waals surface area (Å²) in [4.78, 5) is 0.554. The third-order valence-electron chi connectivity index (χ3n) is 2.86. The molecular formula is C10H14BF3NS-. The number of anilines is 1. The van der Waals surface area contributed by atoms with Crippen LogP contribution in [-0.2, 0) is 6.32 Å². The van der Waals surface area contributed by atoms with Crippen LogP contribution in [0.1, 0.15) is 22.3 Å². The zero-order valence-corrected chi connectivity index (χ0v) is 10.3. The Labute approximate surface area is 98.7 Å². The van der Waals surface area contributed by atoms with Crippen LogP contribution in [0.15, 0.2) is 4.90 Å². The van der Waals surface area contributed by atoms with E-state index >= 15 is 0 Å². The van der Waals surface area contributed by atoms with Gasteiger partial charge in [-0.1, -0.05) is 11.9 Å². The molecule has 0 saturated carbocycles. The molecule has 0 aliphatic carbocycles. The fraction of sp³-hybridized carbons (Fsp3) is 0.400. The van der Waals surface area contributed by atoms with E-state index in [-0.39, 0.29) is 5.56 Å². The standard InChI is InChI=1S/C10H14BF3NS/c1-5-8(4-11(12,13)14)6(2)10(16)7(3)9(5)15/h16H,4,15H2,1-3H3/q-1. The van der Waals surface area contributed by atoms with Gasteiger partial charge in [-0.25, -0.2) is 0 Å². The van der Waals surface area contributed by atoms with E-state index in [4.69, 9.17) is 5.73 Å². The van der Waals surface area contributed by atoms with Crippen LogP contribution in [0.3, 0.4) is 0 Å². The number of thiol groups is 1. The van der Waals surface area contributed by atoms with Crippen LogP contribution in [0, 0.1) is 20.8 Å². The summed E-state index contributed by atoms with van der Waals surface area (Å²) in [5, 5.41) is 0. The van der Waals surface area contributed by atoms with Crippen molar-refractivity contribution in [3.63, 3.8) is 0 Å². The van der Waals surface area contributed by atoms with Crippen LogP contribution < -0.4 is 5.73 Å². The SMILES string of the molecule is Cc1c(N)c(C)c(C[B-](F)(F)F)c(C)c1S. The van der Waals surface area contributed by atoms with Crippen LogP contribution in [0.25, 0.3) is 0 Å². The number of hydrogen-bond acceptors (Lipinski definition) is 2. The molecule has 90 valence electrons. The minimum absolute atomic E-state index is 0.264. The fourth-order valence-electron chi connectivity index (χ4n) is 1.81. The van der Waals surface area contributed by atoms with E-state index in [0.717, 1.165) is 5.56 Å². The quantitative estimate of drug-likeness (QED) is 0.468. The van der Waals surface area contributed by atoms with Gasteiger partial charge in [0.1, 0.15) is 0 Å². The van der Waals surface area contributed by atoms with Gasteiger partial charge in [-0.15, -0.1) is 12.6 Å². The minimum Gasteiger partial charge on any atom is -0.449 e. The molecule has 16 heavy (non-hydrogen) atoms. The minimum atomic E-state index is -4.85. The zero-order chi connectivity index (χ0) is 12.7. The molecule has 1 rings (SSSR count). The molecule has 0 aliphatic rings. The Bertz CT molecular complexity index is 400. The summed E-state index contributed by atoms with van der Waals surface area (Å²) in [6, 6.07) is 0. The Balaban J connectivity index is 3.40. The predicted molar refractivity (Wildman–Crippen MR) is 65.1 cm³/mol. The monoisotopic (exact) mass is 248 g/mol. The van der Waals surface area contributed by atoms with E-state index in [0.29, 0.717) is 21.7 Å². The number of nitrogens with two attached hydrogens (primary N) is 1. The Morgan fingerprint density at radius 2 is 1.56 bits per heavy atom. The van der Waals surface area contributed by atoms with Crippen molar-refractivity contribution in [1.82, 2.24) is 0 Å². The van der Waals surface area contributed by atoms with Gasteiger partial charge in [0.2, 0.25) is 0 Å². The lowest BCUT2D eigenvalue weighted by molar-refractivity contribution is 0.468. The first-order valence-corrected chi connectivity index (χ1v) is 5.38. The van der Waals surface area contributed by atoms with Gasteiger partial charge in [0.05, 0.1) is 0 Å². The smallest absolute Gasteiger partial charge is 0.449 e. The van der Waals surface area contributed by atoms with E-state index in [1.165, 1.54) is 0 Å². The molecule has 1 aromatic carbocycles. The van der Waals surface area contributed by atoms with E-state index < -0.39 is 13.3 Å². The molecule has 0 fully saturated rings. The molecule has 0 aromatic heterocycles. The van der Waals surface area contributed by atoms with Crippen molar-refractivity contribution in [2.45, 2.75) is 32.0 Å². The number of halogens is 3. The molecule has 6 heteroatoms. The van der Waals surface area contributed by atoms with E-state index in [1.54, 1.807) is 20.8 Å². The molecule has 0 aliphatic heterocycles. The van der Waals surface area contributed by atoms with Crippen molar-refractivity contribution >= 4 is 25.3 Å². The first kappa shape index (κ1) is 13.3. The maximum Gasteiger partial charge on any atom is 0.482 e. The topological polar surface area (TPSA) is 26.0 Å². The van der Waals surface area contributed by atoms with Gasteiger partial charge in [0.15, 0.2) is 0 Å². The Kier molecular flexibility index (Phi) is 3.52. The van der Waals surface area contributed by atoms with Gasteiger partial charge >= 0.3 is 6.98 Å². The lowest BCUT2D eigenvalue weighted by atomic mass is 9.78. The van der Waals surface area contributed by atoms with Crippen molar-refractivity contribution in [3.05, 3.63) is 22.3 Å². The predicted octanol–water partition coefficient (Wildman–Crippen LogP) is 3.41.